The maximum Gasteiger partial charge on any atom is 0.244 e. The van der Waals surface area contributed by atoms with Gasteiger partial charge in [0, 0.05) is 30.1 Å². The molecule has 1 aromatic carbocycles. The minimum atomic E-state index is -0.611. The molecule has 4 fully saturated rings. The molecule has 8 nitrogen and oxygen atoms in total. The lowest BCUT2D eigenvalue weighted by atomic mass is 9.65. The summed E-state index contributed by atoms with van der Waals surface area (Å²) in [4.78, 5) is 43.5. The lowest BCUT2D eigenvalue weighted by Gasteiger charge is -2.39. The molecule has 3 heterocycles. The van der Waals surface area contributed by atoms with Gasteiger partial charge in [-0.05, 0) is 69.2 Å². The number of benzene rings is 1. The minimum Gasteiger partial charge on any atom is -0.494 e. The summed E-state index contributed by atoms with van der Waals surface area (Å²) >= 11 is 1.71. The number of carbonyl (C=O) groups excluding carboxylic acids is 3. The molecule has 5 rings (SSSR count). The van der Waals surface area contributed by atoms with Gasteiger partial charge < -0.3 is 25.4 Å². The number of hydrogen-bond donors (Lipinski definition) is 3. The highest BCUT2D eigenvalue weighted by atomic mass is 32.2. The Morgan fingerprint density at radius 2 is 1.87 bits per heavy atom. The predicted octanol–water partition coefficient (Wildman–Crippen LogP) is 3.58. The van der Waals surface area contributed by atoms with Crippen molar-refractivity contribution in [1.82, 2.24) is 10.2 Å². The van der Waals surface area contributed by atoms with Crippen LogP contribution in [-0.4, -0.2) is 69.6 Å². The summed E-state index contributed by atoms with van der Waals surface area (Å²) in [5.41, 5.74) is 0.671. The maximum absolute atomic E-state index is 14.1. The quantitative estimate of drug-likeness (QED) is 0.390. The number of aliphatic hydroxyl groups excluding tert-OH is 1. The third kappa shape index (κ3) is 4.81. The van der Waals surface area contributed by atoms with E-state index in [9.17, 15) is 19.5 Å². The summed E-state index contributed by atoms with van der Waals surface area (Å²) < 4.78 is 4.90. The number of amides is 3. The maximum atomic E-state index is 14.1. The highest BCUT2D eigenvalue weighted by Gasteiger charge is 2.75. The summed E-state index contributed by atoms with van der Waals surface area (Å²) in [6, 6.07) is 6.85. The molecule has 4 aliphatic rings. The van der Waals surface area contributed by atoms with Crippen molar-refractivity contribution in [1.29, 1.82) is 0 Å². The first-order chi connectivity index (χ1) is 18.4. The zero-order valence-electron chi connectivity index (χ0n) is 22.5. The molecule has 2 bridgehead atoms. The molecule has 3 saturated heterocycles. The highest BCUT2D eigenvalue weighted by Crippen LogP contribution is 2.68. The average molecular weight is 544 g/mol. The van der Waals surface area contributed by atoms with Gasteiger partial charge in [0.1, 0.15) is 11.8 Å². The van der Waals surface area contributed by atoms with Crippen LogP contribution in [0.3, 0.4) is 0 Å². The molecule has 208 valence electrons. The lowest BCUT2D eigenvalue weighted by Crippen LogP contribution is -2.57. The van der Waals surface area contributed by atoms with Crippen molar-refractivity contribution in [2.45, 2.75) is 87.3 Å². The van der Waals surface area contributed by atoms with Gasteiger partial charge in [-0.2, -0.15) is 0 Å². The third-order valence-electron chi connectivity index (χ3n) is 8.99. The first-order valence-electron chi connectivity index (χ1n) is 14.3. The zero-order chi connectivity index (χ0) is 26.9. The number of thioether (sulfide) groups is 1. The van der Waals surface area contributed by atoms with Crippen molar-refractivity contribution in [3.05, 3.63) is 24.3 Å². The molecule has 1 aromatic rings. The van der Waals surface area contributed by atoms with Crippen molar-refractivity contribution < 1.29 is 24.2 Å². The van der Waals surface area contributed by atoms with Crippen molar-refractivity contribution >= 4 is 35.2 Å². The van der Waals surface area contributed by atoms with Gasteiger partial charge in [0.05, 0.1) is 23.2 Å². The van der Waals surface area contributed by atoms with Gasteiger partial charge in [-0.1, -0.05) is 26.2 Å². The van der Waals surface area contributed by atoms with Crippen LogP contribution in [0.4, 0.5) is 5.69 Å². The molecule has 0 aromatic heterocycles. The van der Waals surface area contributed by atoms with Gasteiger partial charge in [0.25, 0.3) is 0 Å². The normalized spacial score (nSPS) is 32.3. The summed E-state index contributed by atoms with van der Waals surface area (Å²) in [6.07, 6.45) is 7.40. The number of rotatable bonds is 10. The number of unbranched alkanes of at least 4 members (excludes halogenated alkanes) is 1. The van der Waals surface area contributed by atoms with E-state index in [1.807, 2.05) is 31.2 Å². The Hall–Kier alpha value is -2.26. The van der Waals surface area contributed by atoms with E-state index in [1.54, 1.807) is 16.7 Å². The fourth-order valence-electron chi connectivity index (χ4n) is 7.31. The van der Waals surface area contributed by atoms with Crippen molar-refractivity contribution in [3.63, 3.8) is 0 Å². The molecule has 3 N–H and O–H groups in total. The number of aliphatic hydroxyl groups is 1. The van der Waals surface area contributed by atoms with Crippen LogP contribution in [0.25, 0.3) is 0 Å². The molecule has 3 aliphatic heterocycles. The van der Waals surface area contributed by atoms with Crippen molar-refractivity contribution in [2.75, 3.05) is 25.1 Å². The molecule has 1 aliphatic carbocycles. The van der Waals surface area contributed by atoms with Gasteiger partial charge >= 0.3 is 0 Å². The molecular formula is C29H41N3O5S. The standard InChI is InChI=1S/C29H41N3O5S/c1-3-37-21-13-11-20(12-14-21)30-26(34)23-22-17-18(2)29(38-22)24(23)28(36)32(15-7-8-16-33)25(29)27(35)31-19-9-5-4-6-10-19/h11-14,18-19,22-25,33H,3-10,15-17H2,1-2H3,(H,30,34)(H,31,35)/t18?,22-,23+,24+,25?,29?/m1/s1. The lowest BCUT2D eigenvalue weighted by molar-refractivity contribution is -0.139. The second-order valence-corrected chi connectivity index (χ2v) is 12.9. The number of likely N-dealkylation sites (tertiary alicyclic amines) is 1. The average Bonchev–Trinajstić information content (AvgIpc) is 3.50. The first kappa shape index (κ1) is 27.3. The van der Waals surface area contributed by atoms with E-state index in [0.29, 0.717) is 31.7 Å². The Morgan fingerprint density at radius 1 is 1.13 bits per heavy atom. The van der Waals surface area contributed by atoms with Gasteiger partial charge in [0.15, 0.2) is 0 Å². The monoisotopic (exact) mass is 543 g/mol. The number of nitrogens with one attached hydrogen (secondary N) is 2. The summed E-state index contributed by atoms with van der Waals surface area (Å²) in [6.45, 7) is 5.11. The molecular weight excluding hydrogens is 502 g/mol. The number of hydrogen-bond acceptors (Lipinski definition) is 6. The van der Waals surface area contributed by atoms with Crippen LogP contribution in [0.15, 0.2) is 24.3 Å². The Kier molecular flexibility index (Phi) is 8.24. The highest BCUT2D eigenvalue weighted by molar-refractivity contribution is 8.02. The summed E-state index contributed by atoms with van der Waals surface area (Å²) in [7, 11) is 0. The Balaban J connectivity index is 1.41. The van der Waals surface area contributed by atoms with E-state index in [-0.39, 0.29) is 41.5 Å². The second kappa shape index (κ2) is 11.5. The van der Waals surface area contributed by atoms with Gasteiger partial charge in [-0.3, -0.25) is 14.4 Å². The Bertz CT molecular complexity index is 1030. The molecule has 9 heteroatoms. The molecule has 3 amide bonds. The van der Waals surface area contributed by atoms with Crippen LogP contribution in [0, 0.1) is 17.8 Å². The fraction of sp³-hybridized carbons (Fsp3) is 0.690. The first-order valence-corrected chi connectivity index (χ1v) is 15.2. The number of fused-ring (bicyclic) bond motifs is 1. The number of anilines is 1. The fourth-order valence-corrected chi connectivity index (χ4v) is 9.73. The number of nitrogens with zero attached hydrogens (tertiary/aromatic N) is 1. The van der Waals surface area contributed by atoms with Crippen LogP contribution in [0.5, 0.6) is 5.75 Å². The Morgan fingerprint density at radius 3 is 2.55 bits per heavy atom. The SMILES string of the molecule is CCOc1ccc(NC(=O)[C@@H]2[C@H]3C(=O)N(CCCCO)C(C(=O)NC4CCCCC4)C34S[C@@H]2CC4C)cc1. The molecule has 38 heavy (non-hydrogen) atoms. The van der Waals surface area contributed by atoms with E-state index in [1.165, 1.54) is 6.42 Å². The number of carbonyl (C=O) groups is 3. The van der Waals surface area contributed by atoms with Crippen LogP contribution in [0.2, 0.25) is 0 Å². The van der Waals surface area contributed by atoms with E-state index >= 15 is 0 Å². The van der Waals surface area contributed by atoms with Gasteiger partial charge in [-0.15, -0.1) is 11.8 Å². The molecule has 6 atom stereocenters. The zero-order valence-corrected chi connectivity index (χ0v) is 23.3. The smallest absolute Gasteiger partial charge is 0.244 e. The largest absolute Gasteiger partial charge is 0.494 e. The molecule has 1 saturated carbocycles. The van der Waals surface area contributed by atoms with E-state index in [2.05, 4.69) is 17.6 Å². The Labute approximate surface area is 229 Å². The summed E-state index contributed by atoms with van der Waals surface area (Å²) in [5, 5.41) is 15.7. The van der Waals surface area contributed by atoms with E-state index in [4.69, 9.17) is 4.74 Å². The van der Waals surface area contributed by atoms with Crippen LogP contribution >= 0.6 is 11.8 Å². The molecule has 3 unspecified atom stereocenters. The van der Waals surface area contributed by atoms with Crippen molar-refractivity contribution in [2.24, 2.45) is 17.8 Å². The van der Waals surface area contributed by atoms with Crippen LogP contribution in [0.1, 0.15) is 65.2 Å². The minimum absolute atomic E-state index is 0.00576. The van der Waals surface area contributed by atoms with Crippen molar-refractivity contribution in [3.8, 4) is 5.75 Å². The topological polar surface area (TPSA) is 108 Å². The van der Waals surface area contributed by atoms with Gasteiger partial charge in [0.2, 0.25) is 17.7 Å². The van der Waals surface area contributed by atoms with Gasteiger partial charge in [-0.25, -0.2) is 0 Å². The molecule has 1 spiro atoms. The predicted molar refractivity (Wildman–Crippen MR) is 148 cm³/mol. The summed E-state index contributed by atoms with van der Waals surface area (Å²) in [5.74, 6) is -0.425. The van der Waals surface area contributed by atoms with E-state index < -0.39 is 22.6 Å². The molecule has 0 radical (unpaired) electrons. The second-order valence-electron chi connectivity index (χ2n) is 11.3. The van der Waals surface area contributed by atoms with Crippen LogP contribution in [-0.2, 0) is 14.4 Å². The van der Waals surface area contributed by atoms with Crippen LogP contribution < -0.4 is 15.4 Å². The van der Waals surface area contributed by atoms with E-state index in [0.717, 1.165) is 37.9 Å². The number of ether oxygens (including phenoxy) is 1. The third-order valence-corrected chi connectivity index (χ3v) is 11.1.